The lowest BCUT2D eigenvalue weighted by Gasteiger charge is -2.32. The van der Waals surface area contributed by atoms with Crippen LogP contribution in [0.15, 0.2) is 72.8 Å². The topological polar surface area (TPSA) is 86.8 Å². The number of carbonyl (C=O) groups is 2. The second-order valence-electron chi connectivity index (χ2n) is 9.72. The van der Waals surface area contributed by atoms with Gasteiger partial charge in [0, 0.05) is 38.0 Å². The number of likely N-dealkylation sites (N-methyl/N-ethyl adjacent to an activating group) is 1. The lowest BCUT2D eigenvalue weighted by Crippen LogP contribution is -2.49. The molecule has 0 aliphatic rings. The Bertz CT molecular complexity index is 1380. The van der Waals surface area contributed by atoms with E-state index in [1.54, 1.807) is 18.0 Å². The van der Waals surface area contributed by atoms with Crippen LogP contribution in [0.1, 0.15) is 35.1 Å². The van der Waals surface area contributed by atoms with Crippen molar-refractivity contribution in [1.82, 2.24) is 10.2 Å². The molecular weight excluding hydrogens is 534 g/mol. The van der Waals surface area contributed by atoms with Gasteiger partial charge in [0.2, 0.25) is 21.8 Å². The van der Waals surface area contributed by atoms with Gasteiger partial charge in [-0.2, -0.15) is 0 Å². The lowest BCUT2D eigenvalue weighted by molar-refractivity contribution is -0.141. The molecule has 1 atom stereocenters. The van der Waals surface area contributed by atoms with Gasteiger partial charge in [0.25, 0.3) is 0 Å². The first kappa shape index (κ1) is 30.2. The average Bonchev–Trinajstić information content (AvgIpc) is 2.88. The minimum Gasteiger partial charge on any atom is -0.357 e. The number of nitrogens with zero attached hydrogens (tertiary/aromatic N) is 2. The molecule has 3 rings (SSSR count). The Morgan fingerprint density at radius 3 is 2.15 bits per heavy atom. The molecular formula is C30H36ClN3O4S. The maximum Gasteiger partial charge on any atom is 0.242 e. The van der Waals surface area contributed by atoms with Crippen molar-refractivity contribution in [2.24, 2.45) is 0 Å². The smallest absolute Gasteiger partial charge is 0.242 e. The molecule has 9 heteroatoms. The van der Waals surface area contributed by atoms with E-state index in [-0.39, 0.29) is 37.7 Å². The molecule has 39 heavy (non-hydrogen) atoms. The molecule has 0 spiro atoms. The minimum atomic E-state index is -3.57. The predicted molar refractivity (Wildman–Crippen MR) is 157 cm³/mol. The van der Waals surface area contributed by atoms with Crippen LogP contribution in [-0.2, 0) is 32.6 Å². The van der Waals surface area contributed by atoms with Gasteiger partial charge < -0.3 is 10.2 Å². The summed E-state index contributed by atoms with van der Waals surface area (Å²) in [7, 11) is -2.02. The van der Waals surface area contributed by atoms with Gasteiger partial charge in [-0.3, -0.25) is 13.9 Å². The Labute approximate surface area is 236 Å². The number of amides is 2. The molecule has 0 aromatic heterocycles. The van der Waals surface area contributed by atoms with E-state index in [9.17, 15) is 18.0 Å². The number of carbonyl (C=O) groups excluding carboxylic acids is 2. The molecule has 0 radical (unpaired) electrons. The van der Waals surface area contributed by atoms with E-state index in [1.165, 1.54) is 4.31 Å². The molecule has 3 aromatic carbocycles. The van der Waals surface area contributed by atoms with Crippen molar-refractivity contribution in [3.63, 3.8) is 0 Å². The van der Waals surface area contributed by atoms with Crippen LogP contribution < -0.4 is 9.62 Å². The third-order valence-electron chi connectivity index (χ3n) is 6.46. The molecule has 0 saturated carbocycles. The summed E-state index contributed by atoms with van der Waals surface area (Å²) in [6, 6.07) is 21.6. The third-order valence-corrected chi connectivity index (χ3v) is 8.03. The van der Waals surface area contributed by atoms with Crippen LogP contribution in [0.5, 0.6) is 0 Å². The fourth-order valence-electron chi connectivity index (χ4n) is 4.63. The van der Waals surface area contributed by atoms with Crippen molar-refractivity contribution in [3.8, 4) is 0 Å². The number of anilines is 1. The van der Waals surface area contributed by atoms with Gasteiger partial charge in [0.15, 0.2) is 0 Å². The quantitative estimate of drug-likeness (QED) is 0.336. The van der Waals surface area contributed by atoms with Crippen molar-refractivity contribution in [3.05, 3.63) is 100 Å². The van der Waals surface area contributed by atoms with Crippen LogP contribution in [0.3, 0.4) is 0 Å². The first-order valence-corrected chi connectivity index (χ1v) is 15.1. The summed E-state index contributed by atoms with van der Waals surface area (Å²) in [5.41, 5.74) is 4.12. The van der Waals surface area contributed by atoms with Gasteiger partial charge in [0.05, 0.1) is 11.9 Å². The standard InChI is InChI=1S/C30H36ClN3O4S/c1-22-17-23(2)19-26(18-22)34(39(4,37)38)16-10-15-29(35)33(21-25-13-8-9-14-27(25)31)28(30(36)32-3)20-24-11-6-5-7-12-24/h5-9,11-14,17-19,28H,10,15-16,20-21H2,1-4H3,(H,32,36)/t28-/m1/s1. The number of hydrogen-bond acceptors (Lipinski definition) is 4. The summed E-state index contributed by atoms with van der Waals surface area (Å²) in [5, 5.41) is 3.20. The molecule has 1 N–H and O–H groups in total. The molecule has 0 saturated heterocycles. The van der Waals surface area contributed by atoms with E-state index in [2.05, 4.69) is 5.32 Å². The summed E-state index contributed by atoms with van der Waals surface area (Å²) in [6.45, 7) is 4.12. The van der Waals surface area contributed by atoms with Gasteiger partial charge in [0.1, 0.15) is 6.04 Å². The Kier molecular flexibility index (Phi) is 10.5. The lowest BCUT2D eigenvalue weighted by atomic mass is 10.0. The second kappa shape index (κ2) is 13.6. The molecule has 0 aliphatic carbocycles. The Morgan fingerprint density at radius 1 is 0.949 bits per heavy atom. The maximum atomic E-state index is 13.7. The zero-order chi connectivity index (χ0) is 28.6. The van der Waals surface area contributed by atoms with Crippen LogP contribution in [0.4, 0.5) is 5.69 Å². The molecule has 3 aromatic rings. The van der Waals surface area contributed by atoms with E-state index in [0.717, 1.165) is 28.5 Å². The van der Waals surface area contributed by atoms with Crippen molar-refractivity contribution >= 4 is 39.1 Å². The Balaban J connectivity index is 1.87. The van der Waals surface area contributed by atoms with Gasteiger partial charge in [-0.05, 0) is 60.7 Å². The Hall–Kier alpha value is -3.36. The van der Waals surface area contributed by atoms with Gasteiger partial charge >= 0.3 is 0 Å². The molecule has 0 unspecified atom stereocenters. The number of aryl methyl sites for hydroxylation is 2. The summed E-state index contributed by atoms with van der Waals surface area (Å²) in [6.07, 6.45) is 1.83. The van der Waals surface area contributed by atoms with E-state index in [1.807, 2.05) is 80.6 Å². The molecule has 0 bridgehead atoms. The summed E-state index contributed by atoms with van der Waals surface area (Å²) in [5.74, 6) is -0.541. The largest absolute Gasteiger partial charge is 0.357 e. The summed E-state index contributed by atoms with van der Waals surface area (Å²) in [4.78, 5) is 28.3. The van der Waals surface area contributed by atoms with Crippen LogP contribution in [0.2, 0.25) is 5.02 Å². The summed E-state index contributed by atoms with van der Waals surface area (Å²) < 4.78 is 26.6. The molecule has 0 heterocycles. The highest BCUT2D eigenvalue weighted by atomic mass is 35.5. The molecule has 208 valence electrons. The number of nitrogens with one attached hydrogen (secondary N) is 1. The summed E-state index contributed by atoms with van der Waals surface area (Å²) >= 11 is 6.43. The zero-order valence-electron chi connectivity index (χ0n) is 22.9. The number of rotatable bonds is 12. The zero-order valence-corrected chi connectivity index (χ0v) is 24.4. The molecule has 0 fully saturated rings. The van der Waals surface area contributed by atoms with Crippen molar-refractivity contribution in [1.29, 1.82) is 0 Å². The highest BCUT2D eigenvalue weighted by Gasteiger charge is 2.30. The highest BCUT2D eigenvalue weighted by Crippen LogP contribution is 2.24. The van der Waals surface area contributed by atoms with Crippen molar-refractivity contribution in [2.75, 3.05) is 24.2 Å². The monoisotopic (exact) mass is 569 g/mol. The van der Waals surface area contributed by atoms with Gasteiger partial charge in [-0.15, -0.1) is 0 Å². The number of sulfonamides is 1. The van der Waals surface area contributed by atoms with E-state index < -0.39 is 16.1 Å². The molecule has 2 amide bonds. The number of hydrogen-bond donors (Lipinski definition) is 1. The van der Waals surface area contributed by atoms with Crippen LogP contribution in [0.25, 0.3) is 0 Å². The Morgan fingerprint density at radius 2 is 1.56 bits per heavy atom. The average molecular weight is 570 g/mol. The third kappa shape index (κ3) is 8.57. The predicted octanol–water partition coefficient (Wildman–Crippen LogP) is 4.89. The van der Waals surface area contributed by atoms with Gasteiger partial charge in [-0.25, -0.2) is 8.42 Å². The molecule has 0 aliphatic heterocycles. The van der Waals surface area contributed by atoms with Crippen molar-refractivity contribution in [2.45, 2.75) is 45.7 Å². The highest BCUT2D eigenvalue weighted by molar-refractivity contribution is 7.92. The SMILES string of the molecule is CNC(=O)[C@@H](Cc1ccccc1)N(Cc1ccccc1Cl)C(=O)CCCN(c1cc(C)cc(C)c1)S(C)(=O)=O. The molecule has 7 nitrogen and oxygen atoms in total. The number of benzene rings is 3. The van der Waals surface area contributed by atoms with E-state index >= 15 is 0 Å². The first-order chi connectivity index (χ1) is 18.5. The second-order valence-corrected chi connectivity index (χ2v) is 12.0. The first-order valence-electron chi connectivity index (χ1n) is 12.8. The van der Waals surface area contributed by atoms with E-state index in [4.69, 9.17) is 11.6 Å². The fraction of sp³-hybridized carbons (Fsp3) is 0.333. The number of halogens is 1. The maximum absolute atomic E-state index is 13.7. The van der Waals surface area contributed by atoms with E-state index in [0.29, 0.717) is 17.1 Å². The van der Waals surface area contributed by atoms with Crippen molar-refractivity contribution < 1.29 is 18.0 Å². The van der Waals surface area contributed by atoms with Crippen LogP contribution in [-0.4, -0.2) is 51.0 Å². The van der Waals surface area contributed by atoms with Gasteiger partial charge in [-0.1, -0.05) is 66.2 Å². The minimum absolute atomic E-state index is 0.0591. The normalized spacial score (nSPS) is 12.0. The fourth-order valence-corrected chi connectivity index (χ4v) is 5.77. The van der Waals surface area contributed by atoms with Crippen LogP contribution >= 0.6 is 11.6 Å². The van der Waals surface area contributed by atoms with Crippen LogP contribution in [0, 0.1) is 13.8 Å².